The van der Waals surface area contributed by atoms with E-state index < -0.39 is 7.12 Å². The first-order chi connectivity index (χ1) is 4.27. The molecular weight excluding hydrogens is 234 g/mol. The normalized spacial score (nSPS) is 10.6. The molecule has 0 saturated carbocycles. The van der Waals surface area contributed by atoms with Crippen LogP contribution in [0.15, 0.2) is 12.1 Å². The molecule has 0 aromatic carbocycles. The average Bonchev–Trinajstić information content (AvgIpc) is 1.80. The first kappa shape index (κ1) is 9.41. The second-order valence-corrected chi connectivity index (χ2v) is 1.94. The third kappa shape index (κ3) is 8.41. The van der Waals surface area contributed by atoms with Gasteiger partial charge < -0.3 is 14.8 Å². The van der Waals surface area contributed by atoms with Crippen molar-refractivity contribution in [3.63, 3.8) is 0 Å². The highest BCUT2D eigenvalue weighted by Crippen LogP contribution is 1.84. The summed E-state index contributed by atoms with van der Waals surface area (Å²) in [6.45, 7) is 0.431. The summed E-state index contributed by atoms with van der Waals surface area (Å²) in [6.07, 6.45) is 1.56. The Kier molecular flexibility index (Phi) is 6.84. The SMILES string of the molecule is OB(O)C=CCOCI. The van der Waals surface area contributed by atoms with Gasteiger partial charge in [-0.15, -0.1) is 0 Å². The molecule has 9 heavy (non-hydrogen) atoms. The van der Waals surface area contributed by atoms with Gasteiger partial charge in [-0.25, -0.2) is 0 Å². The quantitative estimate of drug-likeness (QED) is 0.315. The van der Waals surface area contributed by atoms with Crippen molar-refractivity contribution in [3.8, 4) is 0 Å². The number of hydrogen-bond acceptors (Lipinski definition) is 3. The fourth-order valence-corrected chi connectivity index (χ4v) is 0.544. The second-order valence-electron chi connectivity index (χ2n) is 1.32. The summed E-state index contributed by atoms with van der Waals surface area (Å²) in [7, 11) is -1.36. The summed E-state index contributed by atoms with van der Waals surface area (Å²) >= 11 is 2.06. The van der Waals surface area contributed by atoms with E-state index in [-0.39, 0.29) is 0 Å². The lowest BCUT2D eigenvalue weighted by Gasteiger charge is -1.90. The van der Waals surface area contributed by atoms with Crippen molar-refractivity contribution >= 4 is 29.7 Å². The standard InChI is InChI=1S/C4H8BIO3/c6-4-9-3-1-2-5(7)8/h1-2,7-8H,3-4H2. The van der Waals surface area contributed by atoms with E-state index >= 15 is 0 Å². The van der Waals surface area contributed by atoms with Crippen LogP contribution in [0.1, 0.15) is 0 Å². The van der Waals surface area contributed by atoms with Crippen LogP contribution < -0.4 is 0 Å². The van der Waals surface area contributed by atoms with E-state index in [1.165, 1.54) is 5.98 Å². The number of ether oxygens (including phenoxy) is 1. The third-order valence-corrected chi connectivity index (χ3v) is 1.04. The van der Waals surface area contributed by atoms with E-state index in [9.17, 15) is 0 Å². The minimum atomic E-state index is -1.36. The molecule has 3 nitrogen and oxygen atoms in total. The van der Waals surface area contributed by atoms with Gasteiger partial charge in [0.15, 0.2) is 0 Å². The lowest BCUT2D eigenvalue weighted by atomic mass is 9.92. The number of halogens is 1. The van der Waals surface area contributed by atoms with Gasteiger partial charge in [-0.1, -0.05) is 34.6 Å². The molecule has 0 amide bonds. The van der Waals surface area contributed by atoms with Gasteiger partial charge >= 0.3 is 7.12 Å². The first-order valence-electron chi connectivity index (χ1n) is 2.44. The highest BCUT2D eigenvalue weighted by Gasteiger charge is 1.95. The summed E-state index contributed by atoms with van der Waals surface area (Å²) in [5.41, 5.74) is 0. The molecule has 0 fully saturated rings. The van der Waals surface area contributed by atoms with Gasteiger partial charge in [0.2, 0.25) is 0 Å². The molecule has 0 saturated heterocycles. The third-order valence-electron chi connectivity index (χ3n) is 0.599. The van der Waals surface area contributed by atoms with Gasteiger partial charge in [-0.2, -0.15) is 0 Å². The van der Waals surface area contributed by atoms with Crippen molar-refractivity contribution in [2.75, 3.05) is 11.2 Å². The molecule has 0 aliphatic rings. The van der Waals surface area contributed by atoms with Gasteiger partial charge in [-0.05, 0) is 0 Å². The predicted molar refractivity (Wildman–Crippen MR) is 44.2 cm³/mol. The molecule has 0 unspecified atom stereocenters. The van der Waals surface area contributed by atoms with Crippen LogP contribution in [0.2, 0.25) is 0 Å². The lowest BCUT2D eigenvalue weighted by Crippen LogP contribution is -2.06. The molecule has 52 valence electrons. The van der Waals surface area contributed by atoms with Crippen molar-refractivity contribution < 1.29 is 14.8 Å². The molecule has 0 atom stereocenters. The van der Waals surface area contributed by atoms with Crippen molar-refractivity contribution in [3.05, 3.63) is 12.1 Å². The van der Waals surface area contributed by atoms with Gasteiger partial charge in [0.1, 0.15) is 0 Å². The van der Waals surface area contributed by atoms with E-state index in [1.54, 1.807) is 6.08 Å². The zero-order valence-corrected chi connectivity index (χ0v) is 6.98. The van der Waals surface area contributed by atoms with Gasteiger partial charge in [0, 0.05) is 0 Å². The molecule has 0 rings (SSSR count). The summed E-state index contributed by atoms with van der Waals surface area (Å²) < 4.78 is 5.48. The van der Waals surface area contributed by atoms with E-state index in [4.69, 9.17) is 14.8 Å². The van der Waals surface area contributed by atoms with E-state index in [0.717, 1.165) is 0 Å². The van der Waals surface area contributed by atoms with E-state index in [2.05, 4.69) is 22.6 Å². The van der Waals surface area contributed by atoms with Gasteiger partial charge in [0.25, 0.3) is 0 Å². The Balaban J connectivity index is 3.04. The monoisotopic (exact) mass is 242 g/mol. The Bertz CT molecular complexity index is 85.9. The van der Waals surface area contributed by atoms with Crippen molar-refractivity contribution in [1.29, 1.82) is 0 Å². The summed E-state index contributed by atoms with van der Waals surface area (Å²) in [5, 5.41) is 16.5. The molecule has 0 bridgehead atoms. The number of alkyl halides is 1. The Labute approximate surface area is 68.0 Å². The summed E-state index contributed by atoms with van der Waals surface area (Å²) in [4.78, 5) is 0. The number of rotatable bonds is 4. The van der Waals surface area contributed by atoms with Crippen LogP contribution in [-0.2, 0) is 4.74 Å². The molecule has 0 spiro atoms. The Morgan fingerprint density at radius 1 is 1.56 bits per heavy atom. The summed E-state index contributed by atoms with van der Waals surface area (Å²) in [6, 6.07) is 0. The molecule has 0 aliphatic heterocycles. The topological polar surface area (TPSA) is 49.7 Å². The largest absolute Gasteiger partial charge is 0.480 e. The van der Waals surface area contributed by atoms with Crippen molar-refractivity contribution in [1.82, 2.24) is 0 Å². The molecular formula is C4H8BIO3. The predicted octanol–water partition coefficient (Wildman–Crippen LogP) is -0.0363. The molecule has 0 heterocycles. The Morgan fingerprint density at radius 2 is 2.22 bits per heavy atom. The highest BCUT2D eigenvalue weighted by atomic mass is 127. The van der Waals surface area contributed by atoms with Crippen LogP contribution in [0.3, 0.4) is 0 Å². The van der Waals surface area contributed by atoms with Crippen LogP contribution >= 0.6 is 22.6 Å². The highest BCUT2D eigenvalue weighted by molar-refractivity contribution is 14.1. The maximum Gasteiger partial charge on any atom is 0.480 e. The Hall–Kier alpha value is 0.415. The minimum absolute atomic E-state index is 0.431. The molecule has 0 aromatic heterocycles. The number of hydrogen-bond donors (Lipinski definition) is 2. The minimum Gasteiger partial charge on any atom is -0.424 e. The van der Waals surface area contributed by atoms with Crippen LogP contribution in [0.5, 0.6) is 0 Å². The van der Waals surface area contributed by atoms with E-state index in [1.807, 2.05) is 0 Å². The molecule has 0 aromatic rings. The fourth-order valence-electron chi connectivity index (χ4n) is 0.290. The zero-order valence-electron chi connectivity index (χ0n) is 4.83. The van der Waals surface area contributed by atoms with Crippen molar-refractivity contribution in [2.45, 2.75) is 0 Å². The van der Waals surface area contributed by atoms with Crippen LogP contribution in [-0.4, -0.2) is 28.4 Å². The van der Waals surface area contributed by atoms with Crippen LogP contribution in [0.4, 0.5) is 0 Å². The van der Waals surface area contributed by atoms with Crippen molar-refractivity contribution in [2.24, 2.45) is 0 Å². The first-order valence-corrected chi connectivity index (χ1v) is 3.96. The molecule has 0 radical (unpaired) electrons. The van der Waals surface area contributed by atoms with Crippen LogP contribution in [0.25, 0.3) is 0 Å². The summed E-state index contributed by atoms with van der Waals surface area (Å²) in [5.74, 6) is 1.26. The Morgan fingerprint density at radius 3 is 2.67 bits per heavy atom. The lowest BCUT2D eigenvalue weighted by molar-refractivity contribution is 0.225. The maximum atomic E-state index is 8.26. The molecule has 5 heteroatoms. The zero-order chi connectivity index (χ0) is 7.11. The maximum absolute atomic E-state index is 8.26. The average molecular weight is 242 g/mol. The van der Waals surface area contributed by atoms with E-state index in [0.29, 0.717) is 11.2 Å². The van der Waals surface area contributed by atoms with Gasteiger partial charge in [0.05, 0.1) is 11.2 Å². The molecule has 0 aliphatic carbocycles. The molecule has 2 N–H and O–H groups in total. The van der Waals surface area contributed by atoms with Gasteiger partial charge in [-0.3, -0.25) is 0 Å². The smallest absolute Gasteiger partial charge is 0.424 e. The second kappa shape index (κ2) is 6.53. The fraction of sp³-hybridized carbons (Fsp3) is 0.500. The van der Waals surface area contributed by atoms with Crippen LogP contribution in [0, 0.1) is 0 Å².